The number of pyridine rings is 1. The highest BCUT2D eigenvalue weighted by molar-refractivity contribution is 7.22. The van der Waals surface area contributed by atoms with Gasteiger partial charge in [-0.1, -0.05) is 11.3 Å². The molecule has 2 saturated heterocycles. The largest absolute Gasteiger partial charge is 0.359 e. The van der Waals surface area contributed by atoms with E-state index in [2.05, 4.69) is 32.9 Å². The van der Waals surface area contributed by atoms with E-state index in [0.717, 1.165) is 50.4 Å². The molecule has 0 radical (unpaired) electrons. The first-order valence-corrected chi connectivity index (χ1v) is 11.1. The van der Waals surface area contributed by atoms with Crippen molar-refractivity contribution in [2.75, 3.05) is 5.32 Å². The number of nitriles is 1. The molecule has 1 aromatic carbocycles. The maximum absolute atomic E-state index is 9.55. The van der Waals surface area contributed by atoms with Gasteiger partial charge in [0.05, 0.1) is 22.2 Å². The Morgan fingerprint density at radius 3 is 2.81 bits per heavy atom. The number of anilines is 1. The summed E-state index contributed by atoms with van der Waals surface area (Å²) in [5, 5.41) is 23.2. The quantitative estimate of drug-likeness (QED) is 0.484. The summed E-state index contributed by atoms with van der Waals surface area (Å²) in [6.45, 7) is 0. The van der Waals surface area contributed by atoms with Gasteiger partial charge in [-0.3, -0.25) is 9.67 Å². The Morgan fingerprint density at radius 2 is 2.03 bits per heavy atom. The Balaban J connectivity index is 0.00000204. The molecule has 2 fully saturated rings. The van der Waals surface area contributed by atoms with Crippen molar-refractivity contribution in [1.29, 1.82) is 5.26 Å². The van der Waals surface area contributed by atoms with Gasteiger partial charge >= 0.3 is 0 Å². The highest BCUT2D eigenvalue weighted by Gasteiger charge is 2.33. The van der Waals surface area contributed by atoms with Crippen molar-refractivity contribution in [2.24, 2.45) is 7.05 Å². The smallest absolute Gasteiger partial charge is 0.184 e. The SMILES string of the molecule is Cl.Cn1cc2cc(-c3cc4sc(N[C@@H]5C[C@H]6CC[C@@H](C5)N6)nc4cn3)cc(C#N)c2n1. The van der Waals surface area contributed by atoms with Crippen LogP contribution in [0.15, 0.2) is 30.6 Å². The van der Waals surface area contributed by atoms with Crippen LogP contribution < -0.4 is 10.6 Å². The number of hydrogen-bond donors (Lipinski definition) is 2. The van der Waals surface area contributed by atoms with Crippen molar-refractivity contribution in [3.05, 3.63) is 36.2 Å². The summed E-state index contributed by atoms with van der Waals surface area (Å²) >= 11 is 1.68. The first kappa shape index (κ1) is 20.2. The van der Waals surface area contributed by atoms with E-state index in [0.29, 0.717) is 23.7 Å². The standard InChI is InChI=1S/C22H21N7S.ClH/c1-29-11-14-5-12(4-13(9-23)21(14)28-29)18-8-20-19(10-24-18)27-22(30-20)26-17-6-15-2-3-16(7-17)25-15;/h4-5,8,10-11,15-17,25H,2-3,6-7H2,1H3,(H,26,27);1H/t15-,16+,17-;. The lowest BCUT2D eigenvalue weighted by atomic mass is 10.0. The summed E-state index contributed by atoms with van der Waals surface area (Å²) in [5.74, 6) is 0. The van der Waals surface area contributed by atoms with Crippen LogP contribution >= 0.6 is 23.7 Å². The molecule has 0 spiro atoms. The second kappa shape index (κ2) is 7.75. The molecular formula is C22H22ClN7S. The van der Waals surface area contributed by atoms with E-state index < -0.39 is 0 Å². The molecule has 0 amide bonds. The number of nitrogens with one attached hydrogen (secondary N) is 2. The van der Waals surface area contributed by atoms with Gasteiger partial charge in [0, 0.05) is 42.3 Å². The molecule has 2 aliphatic rings. The summed E-state index contributed by atoms with van der Waals surface area (Å²) < 4.78 is 2.84. The van der Waals surface area contributed by atoms with Crippen LogP contribution in [0.3, 0.4) is 0 Å². The Kier molecular flexibility index (Phi) is 5.05. The van der Waals surface area contributed by atoms with Gasteiger partial charge in [0.2, 0.25) is 0 Å². The number of rotatable bonds is 3. The molecule has 4 aromatic rings. The minimum atomic E-state index is 0. The molecule has 7 nitrogen and oxygen atoms in total. The van der Waals surface area contributed by atoms with Gasteiger partial charge in [-0.15, -0.1) is 12.4 Å². The van der Waals surface area contributed by atoms with Crippen LogP contribution in [0.2, 0.25) is 0 Å². The molecule has 6 rings (SSSR count). The number of benzene rings is 1. The third-order valence-electron chi connectivity index (χ3n) is 6.21. The number of hydrogen-bond acceptors (Lipinski definition) is 7. The van der Waals surface area contributed by atoms with E-state index >= 15 is 0 Å². The lowest BCUT2D eigenvalue weighted by Crippen LogP contribution is -2.43. The third-order valence-corrected chi connectivity index (χ3v) is 7.16. The predicted octanol–water partition coefficient (Wildman–Crippen LogP) is 4.23. The maximum Gasteiger partial charge on any atom is 0.184 e. The molecule has 0 unspecified atom stereocenters. The third kappa shape index (κ3) is 3.63. The van der Waals surface area contributed by atoms with Gasteiger partial charge in [-0.2, -0.15) is 10.4 Å². The monoisotopic (exact) mass is 451 g/mol. The minimum absolute atomic E-state index is 0. The van der Waals surface area contributed by atoms with Crippen LogP contribution in [0.5, 0.6) is 0 Å². The molecular weight excluding hydrogens is 430 g/mol. The van der Waals surface area contributed by atoms with Crippen LogP contribution in [0.4, 0.5) is 5.13 Å². The van der Waals surface area contributed by atoms with Gasteiger partial charge in [-0.05, 0) is 43.9 Å². The molecule has 2 aliphatic heterocycles. The molecule has 2 bridgehead atoms. The van der Waals surface area contributed by atoms with E-state index in [1.54, 1.807) is 16.0 Å². The second-order valence-electron chi connectivity index (χ2n) is 8.38. The van der Waals surface area contributed by atoms with Crippen molar-refractivity contribution in [3.8, 4) is 17.3 Å². The number of piperidine rings is 1. The van der Waals surface area contributed by atoms with Crippen LogP contribution in [0.25, 0.3) is 32.4 Å². The number of fused-ring (bicyclic) bond motifs is 4. The Labute approximate surface area is 189 Å². The van der Waals surface area contributed by atoms with Gasteiger partial charge in [-0.25, -0.2) is 4.98 Å². The highest BCUT2D eigenvalue weighted by Crippen LogP contribution is 2.33. The van der Waals surface area contributed by atoms with E-state index in [4.69, 9.17) is 4.98 Å². The average Bonchev–Trinajstić information content (AvgIpc) is 3.41. The zero-order valence-corrected chi connectivity index (χ0v) is 18.6. The molecule has 3 atom stereocenters. The van der Waals surface area contributed by atoms with Crippen molar-refractivity contribution >= 4 is 50.0 Å². The summed E-state index contributed by atoms with van der Waals surface area (Å²) in [6.07, 6.45) is 8.68. The molecule has 2 N–H and O–H groups in total. The fourth-order valence-corrected chi connectivity index (χ4v) is 5.84. The van der Waals surface area contributed by atoms with E-state index in [9.17, 15) is 5.26 Å². The van der Waals surface area contributed by atoms with Crippen molar-refractivity contribution in [2.45, 2.75) is 43.8 Å². The van der Waals surface area contributed by atoms with Crippen LogP contribution in [0.1, 0.15) is 31.2 Å². The normalized spacial score (nSPS) is 22.4. The Morgan fingerprint density at radius 1 is 1.23 bits per heavy atom. The van der Waals surface area contributed by atoms with Crippen molar-refractivity contribution in [1.82, 2.24) is 25.1 Å². The van der Waals surface area contributed by atoms with Crippen LogP contribution in [0, 0.1) is 11.3 Å². The summed E-state index contributed by atoms with van der Waals surface area (Å²) in [5.41, 5.74) is 3.97. The minimum Gasteiger partial charge on any atom is -0.359 e. The summed E-state index contributed by atoms with van der Waals surface area (Å²) in [6, 6.07) is 10.0. The average molecular weight is 452 g/mol. The predicted molar refractivity (Wildman–Crippen MR) is 126 cm³/mol. The van der Waals surface area contributed by atoms with Gasteiger partial charge in [0.25, 0.3) is 0 Å². The molecule has 3 aromatic heterocycles. The van der Waals surface area contributed by atoms with Crippen LogP contribution in [-0.2, 0) is 7.05 Å². The van der Waals surface area contributed by atoms with Crippen LogP contribution in [-0.4, -0.2) is 37.9 Å². The molecule has 158 valence electrons. The van der Waals surface area contributed by atoms with Crippen molar-refractivity contribution in [3.63, 3.8) is 0 Å². The lowest BCUT2D eigenvalue weighted by Gasteiger charge is -2.29. The molecule has 0 aliphatic carbocycles. The topological polar surface area (TPSA) is 91.5 Å². The first-order chi connectivity index (χ1) is 14.6. The zero-order valence-electron chi connectivity index (χ0n) is 17.0. The van der Waals surface area contributed by atoms with Gasteiger partial charge in [0.1, 0.15) is 17.1 Å². The molecule has 0 saturated carbocycles. The van der Waals surface area contributed by atoms with Crippen molar-refractivity contribution < 1.29 is 0 Å². The fourth-order valence-electron chi connectivity index (χ4n) is 4.89. The van der Waals surface area contributed by atoms with E-state index in [-0.39, 0.29) is 12.4 Å². The molecule has 9 heteroatoms. The highest BCUT2D eigenvalue weighted by atomic mass is 35.5. The number of aryl methyl sites for hydroxylation is 1. The fraction of sp³-hybridized carbons (Fsp3) is 0.364. The lowest BCUT2D eigenvalue weighted by molar-refractivity contribution is 0.378. The molecule has 31 heavy (non-hydrogen) atoms. The first-order valence-electron chi connectivity index (χ1n) is 10.3. The zero-order chi connectivity index (χ0) is 20.2. The number of aromatic nitrogens is 4. The number of nitrogens with zero attached hydrogens (tertiary/aromatic N) is 5. The summed E-state index contributed by atoms with van der Waals surface area (Å²) in [4.78, 5) is 9.39. The molecule has 5 heterocycles. The second-order valence-corrected chi connectivity index (χ2v) is 9.41. The van der Waals surface area contributed by atoms with E-state index in [1.165, 1.54) is 12.8 Å². The van der Waals surface area contributed by atoms with E-state index in [1.807, 2.05) is 31.6 Å². The Hall–Kier alpha value is -2.73. The maximum atomic E-state index is 9.55. The summed E-state index contributed by atoms with van der Waals surface area (Å²) in [7, 11) is 1.87. The number of thiazole rings is 1. The van der Waals surface area contributed by atoms with Gasteiger partial charge in [0.15, 0.2) is 5.13 Å². The number of halogens is 1. The Bertz CT molecular complexity index is 1310. The van der Waals surface area contributed by atoms with Gasteiger partial charge < -0.3 is 10.6 Å².